The summed E-state index contributed by atoms with van der Waals surface area (Å²) in [6.45, 7) is 29.1. The van der Waals surface area contributed by atoms with Crippen LogP contribution in [-0.4, -0.2) is 91.5 Å². The van der Waals surface area contributed by atoms with E-state index in [1.54, 1.807) is 54.8 Å². The number of hydrogen-bond donors (Lipinski definition) is 1. The maximum absolute atomic E-state index is 14.4. The Hall–Kier alpha value is -4.14. The fourth-order valence-corrected chi connectivity index (χ4v) is 8.47. The van der Waals surface area contributed by atoms with E-state index in [1.807, 2.05) is 67.5 Å². The second kappa shape index (κ2) is 16.0. The molecule has 4 heterocycles. The summed E-state index contributed by atoms with van der Waals surface area (Å²) in [6, 6.07) is 10.2. The molecule has 0 bridgehead atoms. The molecule has 13 nitrogen and oxygen atoms in total. The number of carboxylic acid groups (broad SMARTS) is 1. The lowest BCUT2D eigenvalue weighted by Gasteiger charge is -2.54. The number of hydrogen-bond acceptors (Lipinski definition) is 9. The van der Waals surface area contributed by atoms with Gasteiger partial charge in [0.2, 0.25) is 0 Å². The van der Waals surface area contributed by atoms with Gasteiger partial charge in [-0.15, -0.1) is 0 Å². The van der Waals surface area contributed by atoms with Gasteiger partial charge in [-0.2, -0.15) is 5.01 Å². The van der Waals surface area contributed by atoms with Crippen molar-refractivity contribution in [2.45, 2.75) is 164 Å². The first-order valence-electron chi connectivity index (χ1n) is 20.9. The molecule has 14 heteroatoms. The van der Waals surface area contributed by atoms with Crippen LogP contribution in [0.1, 0.15) is 134 Å². The number of carboxylic acids is 1. The van der Waals surface area contributed by atoms with Gasteiger partial charge in [0, 0.05) is 42.9 Å². The second-order valence-electron chi connectivity index (χ2n) is 20.1. The molecule has 59 heavy (non-hydrogen) atoms. The molecule has 324 valence electrons. The van der Waals surface area contributed by atoms with Crippen molar-refractivity contribution in [2.24, 2.45) is 11.3 Å². The third kappa shape index (κ3) is 9.00. The number of nitrogens with zero attached hydrogens (tertiary/aromatic N) is 4. The first-order valence-corrected chi connectivity index (χ1v) is 20.9. The number of hydrazine groups is 1. The quantitative estimate of drug-likeness (QED) is 0.197. The molecule has 3 aromatic rings. The molecule has 2 amide bonds. The predicted molar refractivity (Wildman–Crippen MR) is 229 cm³/mol. The summed E-state index contributed by atoms with van der Waals surface area (Å²) in [4.78, 5) is 47.2. The second-order valence-corrected chi connectivity index (χ2v) is 20.1. The maximum atomic E-state index is 14.4. The van der Waals surface area contributed by atoms with E-state index in [1.165, 1.54) is 0 Å². The molecular weight excluding hydrogens is 751 g/mol. The van der Waals surface area contributed by atoms with E-state index < -0.39 is 64.6 Å². The van der Waals surface area contributed by atoms with Crippen molar-refractivity contribution >= 4 is 41.6 Å². The summed E-state index contributed by atoms with van der Waals surface area (Å²) in [7, 11) is 1.05. The number of methoxy groups -OCH3 is 1. The lowest BCUT2D eigenvalue weighted by molar-refractivity contribution is -0.189. The number of pyridine rings is 1. The van der Waals surface area contributed by atoms with E-state index >= 15 is 0 Å². The summed E-state index contributed by atoms with van der Waals surface area (Å²) in [5, 5.41) is 14.6. The van der Waals surface area contributed by atoms with Crippen molar-refractivity contribution in [3.8, 4) is 11.3 Å². The molecule has 2 aliphatic rings. The summed E-state index contributed by atoms with van der Waals surface area (Å²) >= 11 is 0. The highest BCUT2D eigenvalue weighted by Gasteiger charge is 2.60. The van der Waals surface area contributed by atoms with Gasteiger partial charge in [-0.1, -0.05) is 32.9 Å². The molecule has 0 aliphatic carbocycles. The number of benzene rings is 1. The normalized spacial score (nSPS) is 21.5. The summed E-state index contributed by atoms with van der Waals surface area (Å²) in [6.07, 6.45) is 0.345. The van der Waals surface area contributed by atoms with Gasteiger partial charge in [-0.3, -0.25) is 4.98 Å². The Morgan fingerprint density at radius 2 is 1.56 bits per heavy atom. The first kappa shape index (κ1) is 45.9. The van der Waals surface area contributed by atoms with Gasteiger partial charge < -0.3 is 33.2 Å². The van der Waals surface area contributed by atoms with Crippen LogP contribution in [0.2, 0.25) is 0 Å². The van der Waals surface area contributed by atoms with Gasteiger partial charge in [0.05, 0.1) is 28.7 Å². The molecule has 0 spiro atoms. The number of aryl methyl sites for hydroxylation is 1. The summed E-state index contributed by atoms with van der Waals surface area (Å²) in [5.74, 6) is -1.82. The van der Waals surface area contributed by atoms with E-state index in [4.69, 9.17) is 28.5 Å². The van der Waals surface area contributed by atoms with Gasteiger partial charge in [0.25, 0.3) is 0 Å². The Kier molecular flexibility index (Phi) is 12.5. The largest absolute Gasteiger partial charge is 0.494 e. The molecular formula is C45H67BN4O9. The molecule has 2 fully saturated rings. The van der Waals surface area contributed by atoms with Gasteiger partial charge in [0.15, 0.2) is 5.54 Å². The molecule has 1 unspecified atom stereocenters. The molecule has 0 saturated carbocycles. The van der Waals surface area contributed by atoms with Gasteiger partial charge in [0.1, 0.15) is 11.2 Å². The van der Waals surface area contributed by atoms with E-state index in [-0.39, 0.29) is 19.1 Å². The highest BCUT2D eigenvalue weighted by atomic mass is 16.7. The third-order valence-corrected chi connectivity index (χ3v) is 12.0. The van der Waals surface area contributed by atoms with Crippen LogP contribution in [0, 0.1) is 11.3 Å². The molecule has 5 rings (SSSR count). The van der Waals surface area contributed by atoms with Crippen LogP contribution in [0.15, 0.2) is 36.5 Å². The van der Waals surface area contributed by atoms with E-state index in [0.29, 0.717) is 19.4 Å². The van der Waals surface area contributed by atoms with Crippen LogP contribution in [0.5, 0.6) is 0 Å². The number of amides is 2. The highest BCUT2D eigenvalue weighted by molar-refractivity contribution is 6.62. The Bertz CT molecular complexity index is 2050. The van der Waals surface area contributed by atoms with Crippen LogP contribution in [0.25, 0.3) is 22.2 Å². The minimum atomic E-state index is -1.90. The van der Waals surface area contributed by atoms with Crippen LogP contribution < -0.4 is 5.46 Å². The van der Waals surface area contributed by atoms with Crippen LogP contribution >= 0.6 is 0 Å². The molecule has 0 radical (unpaired) electrons. The Labute approximate surface area is 351 Å². The third-order valence-electron chi connectivity index (χ3n) is 12.0. The molecule has 2 saturated heterocycles. The standard InChI is InChI=1S/C45H67BN4O9/c1-17-48-34-21-20-30(46-58-43(12,13)44(14,15)59-46)25-32(34)33(36(48)31-19-18-23-47-35(31)29(3)55-16)26-42(10,11)27-45(37(51)52)28(2)22-24-49(38(53)56-40(4,5)6)50(45)39(54)57-41(7,8)9/h18-21,23,25,28-29H,17,22,24,26-27H2,1-16H3,(H,51,52)/t28-,29?,45-/m0/s1. The zero-order valence-corrected chi connectivity index (χ0v) is 38.2. The van der Waals surface area contributed by atoms with Crippen molar-refractivity contribution in [3.05, 3.63) is 47.8 Å². The highest BCUT2D eigenvalue weighted by Crippen LogP contribution is 2.48. The number of fused-ring (bicyclic) bond motifs is 1. The Morgan fingerprint density at radius 1 is 0.966 bits per heavy atom. The van der Waals surface area contributed by atoms with Crippen LogP contribution in [0.3, 0.4) is 0 Å². The average molecular weight is 819 g/mol. The maximum Gasteiger partial charge on any atom is 0.494 e. The minimum Gasteiger partial charge on any atom is -0.479 e. The number of aliphatic carboxylic acids is 1. The number of aromatic nitrogens is 2. The van der Waals surface area contributed by atoms with Gasteiger partial charge in [-0.25, -0.2) is 19.4 Å². The number of carbonyl (C=O) groups is 3. The molecule has 2 aromatic heterocycles. The fraction of sp³-hybridized carbons (Fsp3) is 0.644. The van der Waals surface area contributed by atoms with Gasteiger partial charge >= 0.3 is 25.3 Å². The summed E-state index contributed by atoms with van der Waals surface area (Å²) < 4.78 is 32.8. The van der Waals surface area contributed by atoms with Crippen molar-refractivity contribution < 1.29 is 43.0 Å². The van der Waals surface area contributed by atoms with Crippen LogP contribution in [-0.2, 0) is 41.3 Å². The lowest BCUT2D eigenvalue weighted by atomic mass is 9.67. The first-order chi connectivity index (χ1) is 27.1. The van der Waals surface area contributed by atoms with Crippen molar-refractivity contribution in [2.75, 3.05) is 13.7 Å². The van der Waals surface area contributed by atoms with Crippen molar-refractivity contribution in [1.29, 1.82) is 0 Å². The zero-order valence-electron chi connectivity index (χ0n) is 38.2. The van der Waals surface area contributed by atoms with Crippen molar-refractivity contribution in [1.82, 2.24) is 19.6 Å². The fourth-order valence-electron chi connectivity index (χ4n) is 8.47. The van der Waals surface area contributed by atoms with E-state index in [2.05, 4.69) is 29.7 Å². The molecule has 3 atom stereocenters. The molecule has 1 N–H and O–H groups in total. The van der Waals surface area contributed by atoms with E-state index in [0.717, 1.165) is 48.9 Å². The smallest absolute Gasteiger partial charge is 0.479 e. The van der Waals surface area contributed by atoms with E-state index in [9.17, 15) is 19.5 Å². The average Bonchev–Trinajstić information content (AvgIpc) is 3.53. The monoisotopic (exact) mass is 819 g/mol. The Balaban J connectivity index is 1.74. The van der Waals surface area contributed by atoms with Gasteiger partial charge in [-0.05, 0) is 143 Å². The SMILES string of the molecule is CCn1c(-c2cccnc2C(C)OC)c(CC(C)(C)C[C@@]2(C(=O)O)[C@@H](C)CCN(C(=O)OC(C)(C)C)N2C(=O)OC(C)(C)C)c2cc(B3OC(C)(C)C(C)(C)O3)ccc21. The predicted octanol–water partition coefficient (Wildman–Crippen LogP) is 8.94. The summed E-state index contributed by atoms with van der Waals surface area (Å²) in [5.41, 5.74) is -0.280. The van der Waals surface area contributed by atoms with Crippen LogP contribution in [0.4, 0.5) is 9.59 Å². The minimum absolute atomic E-state index is 0.0292. The number of carbonyl (C=O) groups excluding carboxylic acids is 2. The molecule has 2 aliphatic heterocycles. The lowest BCUT2D eigenvalue weighted by Crippen LogP contribution is -2.72. The zero-order chi connectivity index (χ0) is 44.3. The number of ether oxygens (including phenoxy) is 3. The van der Waals surface area contributed by atoms with Crippen molar-refractivity contribution in [3.63, 3.8) is 0 Å². The Morgan fingerprint density at radius 3 is 2.10 bits per heavy atom. The topological polar surface area (TPSA) is 142 Å². The molecule has 1 aromatic carbocycles. The number of rotatable bonds is 10.